The molecule has 0 saturated heterocycles. The highest BCUT2D eigenvalue weighted by Gasteiger charge is 2.28. The Morgan fingerprint density at radius 3 is 2.16 bits per heavy atom. The third-order valence-electron chi connectivity index (χ3n) is 2.95. The largest absolute Gasteiger partial charge is 0.481 e. The number of carboxylic acids is 1. The van der Waals surface area contributed by atoms with Crippen LogP contribution in [0.25, 0.3) is 0 Å². The van der Waals surface area contributed by atoms with Gasteiger partial charge in [-0.2, -0.15) is 0 Å². The van der Waals surface area contributed by atoms with Crippen LogP contribution in [-0.2, 0) is 4.79 Å². The van der Waals surface area contributed by atoms with Crippen molar-refractivity contribution < 1.29 is 14.7 Å². The minimum atomic E-state index is -0.966. The molecule has 0 aliphatic heterocycles. The van der Waals surface area contributed by atoms with E-state index in [1.807, 2.05) is 32.8 Å². The van der Waals surface area contributed by atoms with Gasteiger partial charge in [-0.3, -0.25) is 4.79 Å². The third-order valence-corrected chi connectivity index (χ3v) is 2.95. The molecule has 0 spiro atoms. The maximum Gasteiger partial charge on any atom is 0.315 e. The van der Waals surface area contributed by atoms with E-state index in [1.54, 1.807) is 13.8 Å². The fourth-order valence-electron chi connectivity index (χ4n) is 1.41. The van der Waals surface area contributed by atoms with Crippen molar-refractivity contribution in [1.82, 2.24) is 15.5 Å². The average molecular weight is 273 g/mol. The van der Waals surface area contributed by atoms with Crippen LogP contribution in [0.2, 0.25) is 0 Å². The van der Waals surface area contributed by atoms with Crippen LogP contribution < -0.4 is 10.6 Å². The Labute approximate surface area is 115 Å². The fraction of sp³-hybridized carbons (Fsp3) is 0.846. The van der Waals surface area contributed by atoms with Gasteiger partial charge in [0.2, 0.25) is 0 Å². The van der Waals surface area contributed by atoms with Crippen molar-refractivity contribution in [2.45, 2.75) is 33.7 Å². The summed E-state index contributed by atoms with van der Waals surface area (Å²) in [7, 11) is 3.89. The minimum absolute atomic E-state index is 0.0305. The molecule has 0 fully saturated rings. The molecule has 1 atom stereocenters. The number of aliphatic carboxylic acids is 1. The van der Waals surface area contributed by atoms with Crippen LogP contribution >= 0.6 is 0 Å². The van der Waals surface area contributed by atoms with Gasteiger partial charge in [-0.05, 0) is 33.9 Å². The summed E-state index contributed by atoms with van der Waals surface area (Å²) >= 11 is 0. The van der Waals surface area contributed by atoms with Gasteiger partial charge in [0, 0.05) is 19.1 Å². The van der Waals surface area contributed by atoms with Gasteiger partial charge in [-0.1, -0.05) is 13.8 Å². The van der Waals surface area contributed by atoms with Gasteiger partial charge in [0.15, 0.2) is 0 Å². The minimum Gasteiger partial charge on any atom is -0.481 e. The molecule has 2 amide bonds. The first-order valence-electron chi connectivity index (χ1n) is 6.48. The van der Waals surface area contributed by atoms with Gasteiger partial charge < -0.3 is 20.6 Å². The van der Waals surface area contributed by atoms with E-state index in [0.29, 0.717) is 5.92 Å². The number of carbonyl (C=O) groups excluding carboxylic acids is 1. The Bertz CT molecular complexity index is 314. The van der Waals surface area contributed by atoms with Crippen molar-refractivity contribution in [3.63, 3.8) is 0 Å². The lowest BCUT2D eigenvalue weighted by atomic mass is 9.94. The number of nitrogens with zero attached hydrogens (tertiary/aromatic N) is 1. The molecule has 0 aliphatic carbocycles. The summed E-state index contributed by atoms with van der Waals surface area (Å²) in [6.45, 7) is 8.07. The summed E-state index contributed by atoms with van der Waals surface area (Å²) in [5, 5.41) is 14.5. The van der Waals surface area contributed by atoms with E-state index >= 15 is 0 Å². The number of nitrogens with one attached hydrogen (secondary N) is 2. The number of carbonyl (C=O) groups is 2. The first kappa shape index (κ1) is 17.7. The zero-order valence-corrected chi connectivity index (χ0v) is 12.8. The molecule has 0 bridgehead atoms. The number of likely N-dealkylation sites (N-methyl/N-ethyl adjacent to an activating group) is 1. The second kappa shape index (κ2) is 7.33. The summed E-state index contributed by atoms with van der Waals surface area (Å²) in [6, 6.07) is -0.294. The van der Waals surface area contributed by atoms with Crippen molar-refractivity contribution in [2.75, 3.05) is 27.2 Å². The number of rotatable bonds is 7. The van der Waals surface area contributed by atoms with Crippen molar-refractivity contribution in [3.05, 3.63) is 0 Å². The molecule has 0 aromatic heterocycles. The Hall–Kier alpha value is -1.30. The topological polar surface area (TPSA) is 81.7 Å². The van der Waals surface area contributed by atoms with Crippen molar-refractivity contribution in [1.29, 1.82) is 0 Å². The van der Waals surface area contributed by atoms with Crippen molar-refractivity contribution >= 4 is 12.0 Å². The normalized spacial score (nSPS) is 13.5. The molecule has 1 unspecified atom stereocenters. The highest BCUT2D eigenvalue weighted by molar-refractivity contribution is 5.77. The molecule has 0 aliphatic rings. The van der Waals surface area contributed by atoms with Crippen molar-refractivity contribution in [2.24, 2.45) is 11.3 Å². The lowest BCUT2D eigenvalue weighted by Gasteiger charge is -2.26. The molecule has 0 heterocycles. The van der Waals surface area contributed by atoms with Crippen LogP contribution in [-0.4, -0.2) is 55.2 Å². The molecule has 6 nitrogen and oxygen atoms in total. The van der Waals surface area contributed by atoms with E-state index < -0.39 is 11.4 Å². The summed E-state index contributed by atoms with van der Waals surface area (Å²) in [6.07, 6.45) is 0. The van der Waals surface area contributed by atoms with Crippen LogP contribution in [0.4, 0.5) is 4.79 Å². The van der Waals surface area contributed by atoms with E-state index in [9.17, 15) is 9.59 Å². The van der Waals surface area contributed by atoms with E-state index in [4.69, 9.17) is 5.11 Å². The molecule has 3 N–H and O–H groups in total. The predicted octanol–water partition coefficient (Wildman–Crippen LogP) is 0.983. The van der Waals surface area contributed by atoms with Crippen LogP contribution in [0.3, 0.4) is 0 Å². The molecule has 0 aromatic rings. The molecule has 0 saturated carbocycles. The van der Waals surface area contributed by atoms with E-state index in [0.717, 1.165) is 6.54 Å². The second-order valence-electron chi connectivity index (χ2n) is 6.13. The van der Waals surface area contributed by atoms with Gasteiger partial charge in [0.25, 0.3) is 0 Å². The van der Waals surface area contributed by atoms with Gasteiger partial charge in [0.05, 0.1) is 5.41 Å². The summed E-state index contributed by atoms with van der Waals surface area (Å²) < 4.78 is 0. The lowest BCUT2D eigenvalue weighted by Crippen LogP contribution is -2.51. The monoisotopic (exact) mass is 273 g/mol. The van der Waals surface area contributed by atoms with E-state index in [1.165, 1.54) is 0 Å². The number of hydrogen-bond donors (Lipinski definition) is 3. The summed E-state index contributed by atoms with van der Waals surface area (Å²) in [5.41, 5.74) is -0.966. The molecular weight excluding hydrogens is 246 g/mol. The Morgan fingerprint density at radius 2 is 1.79 bits per heavy atom. The summed E-state index contributed by atoms with van der Waals surface area (Å²) in [5.74, 6) is -0.623. The summed E-state index contributed by atoms with van der Waals surface area (Å²) in [4.78, 5) is 24.7. The standard InChI is InChI=1S/C13H27N3O3/c1-9(2)10(7-16(5)6)15-12(19)14-8-13(3,4)11(17)18/h9-10H,7-8H2,1-6H3,(H,17,18)(H2,14,15,19). The predicted molar refractivity (Wildman–Crippen MR) is 75.1 cm³/mol. The highest BCUT2D eigenvalue weighted by atomic mass is 16.4. The molecule has 19 heavy (non-hydrogen) atoms. The maximum absolute atomic E-state index is 11.8. The van der Waals surface area contributed by atoms with Gasteiger partial charge >= 0.3 is 12.0 Å². The first-order valence-corrected chi connectivity index (χ1v) is 6.48. The molecule has 6 heteroatoms. The number of amides is 2. The first-order chi connectivity index (χ1) is 8.56. The molecule has 0 rings (SSSR count). The molecule has 112 valence electrons. The molecule has 0 radical (unpaired) electrons. The smallest absolute Gasteiger partial charge is 0.315 e. The van der Waals surface area contributed by atoms with Crippen LogP contribution in [0.1, 0.15) is 27.7 Å². The fourth-order valence-corrected chi connectivity index (χ4v) is 1.41. The van der Waals surface area contributed by atoms with Gasteiger partial charge in [0.1, 0.15) is 0 Å². The number of carboxylic acid groups (broad SMARTS) is 1. The zero-order chi connectivity index (χ0) is 15.2. The van der Waals surface area contributed by atoms with Crippen LogP contribution in [0.5, 0.6) is 0 Å². The average Bonchev–Trinajstić information content (AvgIpc) is 2.24. The second-order valence-corrected chi connectivity index (χ2v) is 6.13. The SMILES string of the molecule is CC(C)C(CN(C)C)NC(=O)NCC(C)(C)C(=O)O. The van der Waals surface area contributed by atoms with E-state index in [-0.39, 0.29) is 18.6 Å². The van der Waals surface area contributed by atoms with E-state index in [2.05, 4.69) is 10.6 Å². The Kier molecular flexibility index (Phi) is 6.83. The van der Waals surface area contributed by atoms with Gasteiger partial charge in [-0.25, -0.2) is 4.79 Å². The Balaban J connectivity index is 4.32. The Morgan fingerprint density at radius 1 is 1.26 bits per heavy atom. The lowest BCUT2D eigenvalue weighted by molar-refractivity contribution is -0.146. The number of hydrogen-bond acceptors (Lipinski definition) is 3. The third kappa shape index (κ3) is 7.00. The zero-order valence-electron chi connectivity index (χ0n) is 12.8. The van der Waals surface area contributed by atoms with Gasteiger partial charge in [-0.15, -0.1) is 0 Å². The molecular formula is C13H27N3O3. The van der Waals surface area contributed by atoms with Crippen molar-refractivity contribution in [3.8, 4) is 0 Å². The molecule has 0 aromatic carbocycles. The maximum atomic E-state index is 11.8. The van der Waals surface area contributed by atoms with Crippen LogP contribution in [0, 0.1) is 11.3 Å². The highest BCUT2D eigenvalue weighted by Crippen LogP contribution is 2.13. The number of urea groups is 1. The quantitative estimate of drug-likeness (QED) is 0.646. The van der Waals surface area contributed by atoms with Crippen LogP contribution in [0.15, 0.2) is 0 Å².